The molecule has 2 N–H and O–H groups in total. The first-order valence-corrected chi connectivity index (χ1v) is 15.6. The van der Waals surface area contributed by atoms with Gasteiger partial charge in [-0.2, -0.15) is 5.10 Å². The maximum atomic E-state index is 12.7. The highest BCUT2D eigenvalue weighted by molar-refractivity contribution is 14.1. The Bertz CT molecular complexity index is 1790. The fraction of sp³-hybridized carbons (Fsp3) is 0.0645. The minimum absolute atomic E-state index is 0.0135. The van der Waals surface area contributed by atoms with Crippen molar-refractivity contribution in [2.24, 2.45) is 5.10 Å². The summed E-state index contributed by atoms with van der Waals surface area (Å²) < 4.78 is 7.41. The number of carbonyl (C=O) groups is 1. The van der Waals surface area contributed by atoms with Crippen LogP contribution >= 0.6 is 49.9 Å². The first-order chi connectivity index (χ1) is 20.7. The Morgan fingerprint density at radius 1 is 1.12 bits per heavy atom. The molecule has 1 heterocycles. The smallest absolute Gasteiger partial charge is 0.271 e. The number of ether oxygens (including phenoxy) is 1. The monoisotopic (exact) mass is 767 g/mol. The molecule has 0 spiro atoms. The number of hydrogen-bond acceptors (Lipinski definition) is 8. The number of nitro groups is 1. The number of thiazole rings is 1. The van der Waals surface area contributed by atoms with Crippen LogP contribution in [-0.2, 0) is 6.61 Å². The molecule has 0 aliphatic rings. The number of nitrogens with one attached hydrogen (secondary N) is 2. The van der Waals surface area contributed by atoms with Crippen molar-refractivity contribution >= 4 is 78.5 Å². The van der Waals surface area contributed by atoms with E-state index < -0.39 is 4.92 Å². The number of benzene rings is 4. The quantitative estimate of drug-likeness (QED) is 0.0637. The largest absolute Gasteiger partial charge is 0.487 e. The zero-order valence-electron chi connectivity index (χ0n) is 22.6. The highest BCUT2D eigenvalue weighted by Gasteiger charge is 2.12. The number of carbonyl (C=O) groups excluding carboxylic acids is 1. The Morgan fingerprint density at radius 2 is 1.88 bits per heavy atom. The summed E-state index contributed by atoms with van der Waals surface area (Å²) in [7, 11) is 0. The number of nitro benzene ring substituents is 1. The fourth-order valence-corrected chi connectivity index (χ4v) is 6.46. The normalized spacial score (nSPS) is 11.0. The second kappa shape index (κ2) is 13.9. The van der Waals surface area contributed by atoms with Gasteiger partial charge >= 0.3 is 0 Å². The molecule has 0 aliphatic carbocycles. The lowest BCUT2D eigenvalue weighted by Crippen LogP contribution is -2.17. The van der Waals surface area contributed by atoms with Gasteiger partial charge in [0.15, 0.2) is 5.13 Å². The third-order valence-electron chi connectivity index (χ3n) is 6.15. The van der Waals surface area contributed by atoms with Crippen LogP contribution in [0.25, 0.3) is 11.3 Å². The lowest BCUT2D eigenvalue weighted by Gasteiger charge is -2.11. The lowest BCUT2D eigenvalue weighted by atomic mass is 10.1. The van der Waals surface area contributed by atoms with Gasteiger partial charge in [-0.3, -0.25) is 14.9 Å². The van der Waals surface area contributed by atoms with E-state index in [1.165, 1.54) is 29.0 Å². The van der Waals surface area contributed by atoms with Crippen LogP contribution < -0.4 is 15.5 Å². The third kappa shape index (κ3) is 8.03. The van der Waals surface area contributed by atoms with Gasteiger partial charge in [0.1, 0.15) is 12.4 Å². The zero-order chi connectivity index (χ0) is 30.3. The van der Waals surface area contributed by atoms with Crippen molar-refractivity contribution in [3.05, 3.63) is 131 Å². The first-order valence-electron chi connectivity index (χ1n) is 12.8. The molecule has 0 saturated heterocycles. The molecule has 5 aromatic rings. The number of hydrazone groups is 1. The number of halogens is 2. The van der Waals surface area contributed by atoms with Gasteiger partial charge in [0, 0.05) is 34.3 Å². The first kappa shape index (κ1) is 30.3. The van der Waals surface area contributed by atoms with Gasteiger partial charge in [0.2, 0.25) is 0 Å². The minimum atomic E-state index is -0.436. The van der Waals surface area contributed by atoms with Gasteiger partial charge < -0.3 is 10.1 Å². The molecular weight excluding hydrogens is 745 g/mol. The summed E-state index contributed by atoms with van der Waals surface area (Å²) in [5, 5.41) is 21.2. The number of hydrogen-bond donors (Lipinski definition) is 2. The molecular formula is C31H23BrIN5O4S. The van der Waals surface area contributed by atoms with Crippen molar-refractivity contribution in [1.82, 2.24) is 10.4 Å². The second-order valence-corrected chi connectivity index (χ2v) is 12.2. The third-order valence-corrected chi connectivity index (χ3v) is 8.30. The number of non-ortho nitro benzene ring substituents is 1. The summed E-state index contributed by atoms with van der Waals surface area (Å²) in [6.07, 6.45) is 1.54. The molecule has 0 saturated carbocycles. The van der Waals surface area contributed by atoms with Gasteiger partial charge in [-0.05, 0) is 93.0 Å². The lowest BCUT2D eigenvalue weighted by molar-refractivity contribution is -0.384. The van der Waals surface area contributed by atoms with Crippen LogP contribution in [0.1, 0.15) is 27.0 Å². The van der Waals surface area contributed by atoms with Crippen LogP contribution in [-0.4, -0.2) is 22.0 Å². The molecule has 43 heavy (non-hydrogen) atoms. The maximum absolute atomic E-state index is 12.7. The molecule has 216 valence electrons. The summed E-state index contributed by atoms with van der Waals surface area (Å²) in [5.74, 6) is 0.264. The van der Waals surface area contributed by atoms with Crippen LogP contribution in [0.5, 0.6) is 5.75 Å². The summed E-state index contributed by atoms with van der Waals surface area (Å²) in [5.41, 5.74) is 8.36. The molecule has 0 radical (unpaired) electrons. The summed E-state index contributed by atoms with van der Waals surface area (Å²) in [6, 6.07) is 25.3. The number of aromatic nitrogens is 1. The molecule has 0 atom stereocenters. The standard InChI is InChI=1S/C31H23BrIN5O4S/c1-19-5-11-24(12-6-19)35-31-36-28(18-43-31)22-7-9-23(10-8-22)30(39)37-34-16-21-14-26(32)29(27(33)15-21)42-17-20-3-2-4-25(13-20)38(40)41/h2-16,18H,17H2,1H3,(H,35,36)(H,37,39)/b34-16-. The molecule has 4 aromatic carbocycles. The molecule has 0 unspecified atom stereocenters. The molecule has 0 fully saturated rings. The topological polar surface area (TPSA) is 119 Å². The highest BCUT2D eigenvalue weighted by atomic mass is 127. The predicted molar refractivity (Wildman–Crippen MR) is 181 cm³/mol. The van der Waals surface area contributed by atoms with E-state index in [-0.39, 0.29) is 18.2 Å². The molecule has 9 nitrogen and oxygen atoms in total. The van der Waals surface area contributed by atoms with Gasteiger partial charge in [-0.15, -0.1) is 11.3 Å². The van der Waals surface area contributed by atoms with E-state index in [2.05, 4.69) is 59.3 Å². The molecule has 12 heteroatoms. The highest BCUT2D eigenvalue weighted by Crippen LogP contribution is 2.33. The minimum Gasteiger partial charge on any atom is -0.487 e. The molecule has 5 rings (SSSR count). The van der Waals surface area contributed by atoms with Crippen molar-refractivity contribution < 1.29 is 14.5 Å². The second-order valence-electron chi connectivity index (χ2n) is 9.33. The van der Waals surface area contributed by atoms with Gasteiger partial charge in [-0.25, -0.2) is 10.4 Å². The van der Waals surface area contributed by atoms with Crippen LogP contribution in [0.15, 0.2) is 99.9 Å². The van der Waals surface area contributed by atoms with E-state index in [4.69, 9.17) is 4.74 Å². The Balaban J connectivity index is 1.16. The van der Waals surface area contributed by atoms with Crippen molar-refractivity contribution in [3.8, 4) is 17.0 Å². The van der Waals surface area contributed by atoms with Gasteiger partial charge in [-0.1, -0.05) is 42.0 Å². The average Bonchev–Trinajstić information content (AvgIpc) is 3.46. The number of aryl methyl sites for hydroxylation is 1. The van der Waals surface area contributed by atoms with Crippen molar-refractivity contribution in [3.63, 3.8) is 0 Å². The molecule has 1 amide bonds. The Morgan fingerprint density at radius 3 is 2.60 bits per heavy atom. The number of amides is 1. The van der Waals surface area contributed by atoms with Crippen LogP contribution in [0, 0.1) is 20.6 Å². The predicted octanol–water partition coefficient (Wildman–Crippen LogP) is 8.48. The molecule has 1 aromatic heterocycles. The van der Waals surface area contributed by atoms with E-state index in [1.807, 2.05) is 60.8 Å². The Kier molecular flexibility index (Phi) is 9.79. The number of nitrogens with zero attached hydrogens (tertiary/aromatic N) is 3. The SMILES string of the molecule is Cc1ccc(Nc2nc(-c3ccc(C(=O)N/N=C\c4cc(Br)c(OCc5cccc([N+](=O)[O-])c5)c(I)c4)cc3)cs2)cc1. The zero-order valence-corrected chi connectivity index (χ0v) is 27.1. The Hall–Kier alpha value is -4.14. The number of rotatable bonds is 10. The maximum Gasteiger partial charge on any atom is 0.271 e. The van der Waals surface area contributed by atoms with Crippen LogP contribution in [0.3, 0.4) is 0 Å². The Labute approximate surface area is 273 Å². The van der Waals surface area contributed by atoms with Gasteiger partial charge in [0.05, 0.1) is 24.9 Å². The average molecular weight is 768 g/mol. The fourth-order valence-electron chi connectivity index (χ4n) is 3.95. The van der Waals surface area contributed by atoms with E-state index in [9.17, 15) is 14.9 Å². The van der Waals surface area contributed by atoms with E-state index >= 15 is 0 Å². The van der Waals surface area contributed by atoms with Crippen LogP contribution in [0.4, 0.5) is 16.5 Å². The van der Waals surface area contributed by atoms with Gasteiger partial charge in [0.25, 0.3) is 11.6 Å². The van der Waals surface area contributed by atoms with Crippen molar-refractivity contribution in [1.29, 1.82) is 0 Å². The summed E-state index contributed by atoms with van der Waals surface area (Å²) in [6.45, 7) is 2.22. The van der Waals surface area contributed by atoms with Crippen molar-refractivity contribution in [2.75, 3.05) is 5.32 Å². The van der Waals surface area contributed by atoms with E-state index in [0.29, 0.717) is 21.3 Å². The molecule has 0 aliphatic heterocycles. The summed E-state index contributed by atoms with van der Waals surface area (Å²) in [4.78, 5) is 27.9. The summed E-state index contributed by atoms with van der Waals surface area (Å²) >= 11 is 7.17. The molecule has 0 bridgehead atoms. The van der Waals surface area contributed by atoms with Crippen molar-refractivity contribution in [2.45, 2.75) is 13.5 Å². The van der Waals surface area contributed by atoms with Crippen LogP contribution in [0.2, 0.25) is 0 Å². The van der Waals surface area contributed by atoms with E-state index in [1.54, 1.807) is 30.5 Å². The number of anilines is 2. The van der Waals surface area contributed by atoms with E-state index in [0.717, 1.165) is 31.2 Å².